The number of fused-ring (bicyclic) bond motifs is 1. The number of amides is 4. The van der Waals surface area contributed by atoms with Gasteiger partial charge >= 0.3 is 0 Å². The second kappa shape index (κ2) is 9.01. The Labute approximate surface area is 168 Å². The van der Waals surface area contributed by atoms with Crippen molar-refractivity contribution in [3.63, 3.8) is 0 Å². The molecule has 1 aliphatic rings. The Morgan fingerprint density at radius 3 is 2.48 bits per heavy atom. The van der Waals surface area contributed by atoms with Crippen LogP contribution in [0.1, 0.15) is 25.3 Å². The molecule has 0 bridgehead atoms. The van der Waals surface area contributed by atoms with E-state index < -0.39 is 0 Å². The van der Waals surface area contributed by atoms with Gasteiger partial charge in [-0.15, -0.1) is 0 Å². The Balaban J connectivity index is 1.49. The number of hydrogen-bond donors (Lipinski definition) is 3. The summed E-state index contributed by atoms with van der Waals surface area (Å²) in [6, 6.07) is 14.2. The quantitative estimate of drug-likeness (QED) is 0.697. The minimum Gasteiger partial charge on any atom is -0.352 e. The summed E-state index contributed by atoms with van der Waals surface area (Å²) < 4.78 is 0. The van der Waals surface area contributed by atoms with Gasteiger partial charge in [-0.1, -0.05) is 24.3 Å². The Bertz CT molecular complexity index is 940. The van der Waals surface area contributed by atoms with Gasteiger partial charge in [0.15, 0.2) is 0 Å². The van der Waals surface area contributed by atoms with Gasteiger partial charge < -0.3 is 20.9 Å². The molecule has 2 aromatic carbocycles. The summed E-state index contributed by atoms with van der Waals surface area (Å²) in [5, 5.41) is 8.17. The van der Waals surface area contributed by atoms with Crippen LogP contribution < -0.4 is 20.9 Å². The molecule has 0 spiro atoms. The molecule has 0 unspecified atom stereocenters. The molecule has 8 nitrogen and oxygen atoms in total. The summed E-state index contributed by atoms with van der Waals surface area (Å²) in [5.74, 6) is -0.935. The van der Waals surface area contributed by atoms with E-state index in [0.29, 0.717) is 23.6 Å². The van der Waals surface area contributed by atoms with E-state index in [1.807, 2.05) is 0 Å². The average Bonchev–Trinajstić information content (AvgIpc) is 2.70. The summed E-state index contributed by atoms with van der Waals surface area (Å²) in [6.07, 6.45) is 0.0397. The zero-order chi connectivity index (χ0) is 20.8. The molecule has 0 radical (unpaired) electrons. The Morgan fingerprint density at radius 2 is 1.76 bits per heavy atom. The highest BCUT2D eigenvalue weighted by Crippen LogP contribution is 2.29. The van der Waals surface area contributed by atoms with E-state index in [-0.39, 0.29) is 43.0 Å². The molecule has 0 fully saturated rings. The number of hydrogen-bond acceptors (Lipinski definition) is 4. The zero-order valence-electron chi connectivity index (χ0n) is 16.0. The van der Waals surface area contributed by atoms with E-state index in [1.54, 1.807) is 48.5 Å². The zero-order valence-corrected chi connectivity index (χ0v) is 16.0. The van der Waals surface area contributed by atoms with E-state index in [9.17, 15) is 19.2 Å². The largest absolute Gasteiger partial charge is 0.352 e. The highest BCUT2D eigenvalue weighted by molar-refractivity contribution is 6.10. The van der Waals surface area contributed by atoms with Crippen LogP contribution in [0.25, 0.3) is 0 Å². The van der Waals surface area contributed by atoms with Crippen molar-refractivity contribution in [2.75, 3.05) is 22.1 Å². The fourth-order valence-corrected chi connectivity index (χ4v) is 3.01. The lowest BCUT2D eigenvalue weighted by atomic mass is 10.1. The molecule has 0 aliphatic carbocycles. The maximum atomic E-state index is 12.5. The third kappa shape index (κ3) is 5.41. The van der Waals surface area contributed by atoms with E-state index in [4.69, 9.17) is 0 Å². The van der Waals surface area contributed by atoms with E-state index in [1.165, 1.54) is 11.8 Å². The molecular weight excluding hydrogens is 372 g/mol. The van der Waals surface area contributed by atoms with Crippen molar-refractivity contribution in [2.24, 2.45) is 0 Å². The van der Waals surface area contributed by atoms with Gasteiger partial charge in [-0.05, 0) is 29.8 Å². The van der Waals surface area contributed by atoms with Crippen LogP contribution in [0.2, 0.25) is 0 Å². The standard InChI is InChI=1S/C21H22N4O4/c1-14(26)23-16-8-6-15(7-9-16)12-22-19(27)10-11-21(29)25-13-20(28)24-17-4-2-3-5-18(17)25/h2-9H,10-13H2,1H3,(H,22,27)(H,23,26)(H,24,28). The highest BCUT2D eigenvalue weighted by atomic mass is 16.2. The van der Waals surface area contributed by atoms with Crippen LogP contribution in [0.3, 0.4) is 0 Å². The van der Waals surface area contributed by atoms with Gasteiger partial charge in [0.1, 0.15) is 6.54 Å². The van der Waals surface area contributed by atoms with Crippen LogP contribution >= 0.6 is 0 Å². The molecule has 3 N–H and O–H groups in total. The second-order valence-corrected chi connectivity index (χ2v) is 6.70. The van der Waals surface area contributed by atoms with Gasteiger partial charge in [0, 0.05) is 32.0 Å². The van der Waals surface area contributed by atoms with Crippen LogP contribution in [-0.4, -0.2) is 30.2 Å². The van der Waals surface area contributed by atoms with Crippen molar-refractivity contribution in [1.82, 2.24) is 5.32 Å². The van der Waals surface area contributed by atoms with Crippen LogP contribution in [0.4, 0.5) is 17.1 Å². The molecule has 8 heteroatoms. The third-order valence-corrected chi connectivity index (χ3v) is 4.40. The summed E-state index contributed by atoms with van der Waals surface area (Å²) in [4.78, 5) is 48.9. The number of carbonyl (C=O) groups excluding carboxylic acids is 4. The van der Waals surface area contributed by atoms with Gasteiger partial charge in [0.2, 0.25) is 23.6 Å². The molecular formula is C21H22N4O4. The van der Waals surface area contributed by atoms with Gasteiger partial charge in [0.05, 0.1) is 11.4 Å². The minimum absolute atomic E-state index is 0.00885. The molecule has 1 heterocycles. The van der Waals surface area contributed by atoms with E-state index >= 15 is 0 Å². The highest BCUT2D eigenvalue weighted by Gasteiger charge is 2.26. The van der Waals surface area contributed by atoms with Crippen molar-refractivity contribution < 1.29 is 19.2 Å². The molecule has 4 amide bonds. The number of para-hydroxylation sites is 2. The fraction of sp³-hybridized carbons (Fsp3) is 0.238. The fourth-order valence-electron chi connectivity index (χ4n) is 3.01. The van der Waals surface area contributed by atoms with Gasteiger partial charge in [-0.3, -0.25) is 19.2 Å². The molecule has 2 aromatic rings. The van der Waals surface area contributed by atoms with Gasteiger partial charge in [-0.2, -0.15) is 0 Å². The minimum atomic E-state index is -0.276. The molecule has 29 heavy (non-hydrogen) atoms. The Kier molecular flexibility index (Phi) is 6.23. The lowest BCUT2D eigenvalue weighted by molar-refractivity contribution is -0.125. The number of rotatable bonds is 6. The Hall–Kier alpha value is -3.68. The van der Waals surface area contributed by atoms with Crippen LogP contribution in [0, 0.1) is 0 Å². The van der Waals surface area contributed by atoms with E-state index in [0.717, 1.165) is 5.56 Å². The first-order valence-corrected chi connectivity index (χ1v) is 9.25. The summed E-state index contributed by atoms with van der Waals surface area (Å²) in [5.41, 5.74) is 2.78. The van der Waals surface area contributed by atoms with Crippen molar-refractivity contribution in [1.29, 1.82) is 0 Å². The van der Waals surface area contributed by atoms with Crippen LogP contribution in [-0.2, 0) is 25.7 Å². The predicted octanol–water partition coefficient (Wildman–Crippen LogP) is 2.03. The van der Waals surface area contributed by atoms with Crippen molar-refractivity contribution >= 4 is 40.7 Å². The van der Waals surface area contributed by atoms with Crippen molar-refractivity contribution in [2.45, 2.75) is 26.3 Å². The monoisotopic (exact) mass is 394 g/mol. The van der Waals surface area contributed by atoms with Gasteiger partial charge in [0.25, 0.3) is 0 Å². The predicted molar refractivity (Wildman–Crippen MR) is 109 cm³/mol. The molecule has 0 saturated heterocycles. The first-order valence-electron chi connectivity index (χ1n) is 9.25. The summed E-state index contributed by atoms with van der Waals surface area (Å²) in [6.45, 7) is 1.70. The number of anilines is 3. The second-order valence-electron chi connectivity index (χ2n) is 6.70. The molecule has 3 rings (SSSR count). The lowest BCUT2D eigenvalue weighted by Crippen LogP contribution is -2.42. The number of nitrogens with one attached hydrogen (secondary N) is 3. The first-order chi connectivity index (χ1) is 13.9. The number of nitrogens with zero attached hydrogens (tertiary/aromatic N) is 1. The first kappa shape index (κ1) is 20.1. The van der Waals surface area contributed by atoms with Crippen LogP contribution in [0.15, 0.2) is 48.5 Å². The molecule has 0 saturated carbocycles. The third-order valence-electron chi connectivity index (χ3n) is 4.40. The maximum Gasteiger partial charge on any atom is 0.244 e. The SMILES string of the molecule is CC(=O)Nc1ccc(CNC(=O)CCC(=O)N2CC(=O)Nc3ccccc32)cc1. The van der Waals surface area contributed by atoms with Crippen LogP contribution in [0.5, 0.6) is 0 Å². The molecule has 1 aliphatic heterocycles. The maximum absolute atomic E-state index is 12.5. The lowest BCUT2D eigenvalue weighted by Gasteiger charge is -2.29. The normalized spacial score (nSPS) is 12.6. The Morgan fingerprint density at radius 1 is 1.03 bits per heavy atom. The number of carbonyl (C=O) groups is 4. The van der Waals surface area contributed by atoms with Crippen molar-refractivity contribution in [3.05, 3.63) is 54.1 Å². The molecule has 0 aromatic heterocycles. The molecule has 0 atom stereocenters. The molecule has 150 valence electrons. The van der Waals surface area contributed by atoms with Crippen molar-refractivity contribution in [3.8, 4) is 0 Å². The smallest absolute Gasteiger partial charge is 0.244 e. The van der Waals surface area contributed by atoms with E-state index in [2.05, 4.69) is 16.0 Å². The topological polar surface area (TPSA) is 108 Å². The van der Waals surface area contributed by atoms with Gasteiger partial charge in [-0.25, -0.2) is 0 Å². The summed E-state index contributed by atoms with van der Waals surface area (Å²) >= 11 is 0. The number of benzene rings is 2. The summed E-state index contributed by atoms with van der Waals surface area (Å²) in [7, 11) is 0. The average molecular weight is 394 g/mol.